The van der Waals surface area contributed by atoms with Crippen molar-refractivity contribution < 1.29 is 13.2 Å². The standard InChI is InChI=1S/C13H21N3O3S2/c1-21(18,19)16-6-4-11(5-7-16)9-14-13(17)15-10-12-3-2-8-20-12/h2-3,8,11H,4-7,9-10H2,1H3,(H2,14,15,17). The van der Waals surface area contributed by atoms with E-state index in [0.717, 1.165) is 17.7 Å². The van der Waals surface area contributed by atoms with Crippen molar-refractivity contribution in [3.05, 3.63) is 22.4 Å². The molecule has 2 heterocycles. The molecule has 2 amide bonds. The molecule has 1 aliphatic rings. The van der Waals surface area contributed by atoms with Gasteiger partial charge in [-0.15, -0.1) is 11.3 Å². The van der Waals surface area contributed by atoms with Gasteiger partial charge in [0.25, 0.3) is 0 Å². The highest BCUT2D eigenvalue weighted by atomic mass is 32.2. The van der Waals surface area contributed by atoms with Crippen molar-refractivity contribution in [3.63, 3.8) is 0 Å². The molecule has 1 aliphatic heterocycles. The summed E-state index contributed by atoms with van der Waals surface area (Å²) in [7, 11) is -3.08. The molecular formula is C13H21N3O3S2. The number of carbonyl (C=O) groups is 1. The summed E-state index contributed by atoms with van der Waals surface area (Å²) >= 11 is 1.61. The molecule has 8 heteroatoms. The molecule has 1 fully saturated rings. The third-order valence-electron chi connectivity index (χ3n) is 3.60. The van der Waals surface area contributed by atoms with Crippen molar-refractivity contribution in [3.8, 4) is 0 Å². The number of rotatable bonds is 5. The molecule has 2 N–H and O–H groups in total. The van der Waals surface area contributed by atoms with E-state index in [1.807, 2.05) is 17.5 Å². The molecule has 0 unspecified atom stereocenters. The number of nitrogens with one attached hydrogen (secondary N) is 2. The highest BCUT2D eigenvalue weighted by molar-refractivity contribution is 7.88. The summed E-state index contributed by atoms with van der Waals surface area (Å²) in [5, 5.41) is 7.64. The number of nitrogens with zero attached hydrogens (tertiary/aromatic N) is 1. The van der Waals surface area contributed by atoms with Crippen LogP contribution in [0.2, 0.25) is 0 Å². The summed E-state index contributed by atoms with van der Waals surface area (Å²) in [6, 6.07) is 3.76. The maximum absolute atomic E-state index is 11.7. The molecule has 0 aliphatic carbocycles. The lowest BCUT2D eigenvalue weighted by Gasteiger charge is -2.30. The summed E-state index contributed by atoms with van der Waals surface area (Å²) in [4.78, 5) is 12.8. The molecule has 0 aromatic carbocycles. The largest absolute Gasteiger partial charge is 0.338 e. The van der Waals surface area contributed by atoms with Crippen molar-refractivity contribution in [1.29, 1.82) is 0 Å². The smallest absolute Gasteiger partial charge is 0.315 e. The Hall–Kier alpha value is -1.12. The van der Waals surface area contributed by atoms with Gasteiger partial charge in [-0.25, -0.2) is 17.5 Å². The van der Waals surface area contributed by atoms with Crippen LogP contribution in [0.1, 0.15) is 17.7 Å². The summed E-state index contributed by atoms with van der Waals surface area (Å²) in [6.07, 6.45) is 2.82. The van der Waals surface area contributed by atoms with Crippen molar-refractivity contribution in [2.75, 3.05) is 25.9 Å². The minimum Gasteiger partial charge on any atom is -0.338 e. The zero-order valence-corrected chi connectivity index (χ0v) is 13.7. The van der Waals surface area contributed by atoms with Gasteiger partial charge in [-0.2, -0.15) is 0 Å². The van der Waals surface area contributed by atoms with Gasteiger partial charge in [0.1, 0.15) is 0 Å². The molecule has 1 aromatic heterocycles. The van der Waals surface area contributed by atoms with Crippen LogP contribution in [0.15, 0.2) is 17.5 Å². The van der Waals surface area contributed by atoms with Crippen LogP contribution in [0.4, 0.5) is 4.79 Å². The van der Waals surface area contributed by atoms with Crippen molar-refractivity contribution in [2.45, 2.75) is 19.4 Å². The highest BCUT2D eigenvalue weighted by Gasteiger charge is 2.24. The van der Waals surface area contributed by atoms with E-state index in [1.165, 1.54) is 10.6 Å². The third kappa shape index (κ3) is 5.29. The number of amides is 2. The van der Waals surface area contributed by atoms with Gasteiger partial charge in [-0.05, 0) is 30.2 Å². The fourth-order valence-electron chi connectivity index (χ4n) is 2.33. The average Bonchev–Trinajstić information content (AvgIpc) is 2.95. The van der Waals surface area contributed by atoms with Gasteiger partial charge in [0, 0.05) is 24.5 Å². The second kappa shape index (κ2) is 7.24. The second-order valence-electron chi connectivity index (χ2n) is 5.25. The summed E-state index contributed by atoms with van der Waals surface area (Å²) in [6.45, 7) is 2.22. The van der Waals surface area contributed by atoms with Gasteiger partial charge >= 0.3 is 6.03 Å². The molecule has 0 saturated carbocycles. The van der Waals surface area contributed by atoms with Crippen molar-refractivity contribution in [1.82, 2.24) is 14.9 Å². The van der Waals surface area contributed by atoms with Crippen LogP contribution in [0, 0.1) is 5.92 Å². The summed E-state index contributed by atoms with van der Waals surface area (Å²) < 4.78 is 24.3. The molecule has 2 rings (SSSR count). The predicted molar refractivity (Wildman–Crippen MR) is 83.7 cm³/mol. The molecule has 0 atom stereocenters. The van der Waals surface area contributed by atoms with Crippen molar-refractivity contribution in [2.24, 2.45) is 5.92 Å². The van der Waals surface area contributed by atoms with E-state index in [-0.39, 0.29) is 6.03 Å². The third-order valence-corrected chi connectivity index (χ3v) is 5.78. The topological polar surface area (TPSA) is 78.5 Å². The monoisotopic (exact) mass is 331 g/mol. The quantitative estimate of drug-likeness (QED) is 0.851. The fourth-order valence-corrected chi connectivity index (χ4v) is 3.84. The van der Waals surface area contributed by atoms with Crippen molar-refractivity contribution >= 4 is 27.4 Å². The number of thiophene rings is 1. The van der Waals surface area contributed by atoms with Crippen LogP contribution in [-0.2, 0) is 16.6 Å². The first-order chi connectivity index (χ1) is 9.95. The van der Waals surface area contributed by atoms with Gasteiger partial charge in [0.05, 0.1) is 12.8 Å². The van der Waals surface area contributed by atoms with Crippen LogP contribution in [0.25, 0.3) is 0 Å². The Morgan fingerprint density at radius 3 is 2.67 bits per heavy atom. The van der Waals surface area contributed by atoms with Gasteiger partial charge < -0.3 is 10.6 Å². The first-order valence-corrected chi connectivity index (χ1v) is 9.67. The highest BCUT2D eigenvalue weighted by Crippen LogP contribution is 2.18. The van der Waals surface area contributed by atoms with Gasteiger partial charge in [0.2, 0.25) is 10.0 Å². The lowest BCUT2D eigenvalue weighted by atomic mass is 9.98. The Morgan fingerprint density at radius 1 is 1.38 bits per heavy atom. The number of urea groups is 1. The number of carbonyl (C=O) groups excluding carboxylic acids is 1. The fraction of sp³-hybridized carbons (Fsp3) is 0.615. The van der Waals surface area contributed by atoms with E-state index < -0.39 is 10.0 Å². The van der Waals surface area contributed by atoms with E-state index in [4.69, 9.17) is 0 Å². The lowest BCUT2D eigenvalue weighted by molar-refractivity contribution is 0.231. The number of sulfonamides is 1. The normalized spacial score (nSPS) is 17.6. The molecule has 0 radical (unpaired) electrons. The van der Waals surface area contributed by atoms with E-state index in [1.54, 1.807) is 11.3 Å². The molecule has 118 valence electrons. The second-order valence-corrected chi connectivity index (χ2v) is 8.26. The van der Waals surface area contributed by atoms with Crippen LogP contribution in [-0.4, -0.2) is 44.6 Å². The lowest BCUT2D eigenvalue weighted by Crippen LogP contribution is -2.43. The molecule has 21 heavy (non-hydrogen) atoms. The molecule has 1 saturated heterocycles. The number of hydrogen-bond donors (Lipinski definition) is 2. The van der Waals surface area contributed by atoms with E-state index in [9.17, 15) is 13.2 Å². The molecular weight excluding hydrogens is 310 g/mol. The minimum atomic E-state index is -3.08. The summed E-state index contributed by atoms with van der Waals surface area (Å²) in [5.41, 5.74) is 0. The van der Waals surface area contributed by atoms with Crippen LogP contribution < -0.4 is 10.6 Å². The van der Waals surface area contributed by atoms with E-state index >= 15 is 0 Å². The maximum atomic E-state index is 11.7. The Bertz CT molecular complexity index is 549. The zero-order chi connectivity index (χ0) is 15.3. The van der Waals surface area contributed by atoms with Crippen LogP contribution in [0.5, 0.6) is 0 Å². The van der Waals surface area contributed by atoms with E-state index in [0.29, 0.717) is 32.1 Å². The maximum Gasteiger partial charge on any atom is 0.315 e. The first kappa shape index (κ1) is 16.3. The molecule has 6 nitrogen and oxygen atoms in total. The Morgan fingerprint density at radius 2 is 2.10 bits per heavy atom. The van der Waals surface area contributed by atoms with Crippen LogP contribution >= 0.6 is 11.3 Å². The SMILES string of the molecule is CS(=O)(=O)N1CCC(CNC(=O)NCc2cccs2)CC1. The molecule has 1 aromatic rings. The van der Waals surface area contributed by atoms with Gasteiger partial charge in [0.15, 0.2) is 0 Å². The van der Waals surface area contributed by atoms with Gasteiger partial charge in [-0.1, -0.05) is 6.07 Å². The summed E-state index contributed by atoms with van der Waals surface area (Å²) in [5.74, 6) is 0.343. The number of hydrogen-bond acceptors (Lipinski definition) is 4. The Labute approximate surface area is 129 Å². The van der Waals surface area contributed by atoms with E-state index in [2.05, 4.69) is 10.6 Å². The molecule has 0 spiro atoms. The number of piperidine rings is 1. The Kier molecular flexibility index (Phi) is 5.60. The molecule has 0 bridgehead atoms. The van der Waals surface area contributed by atoms with Gasteiger partial charge in [-0.3, -0.25) is 0 Å². The predicted octanol–water partition coefficient (Wildman–Crippen LogP) is 1.22. The Balaban J connectivity index is 1.64. The zero-order valence-electron chi connectivity index (χ0n) is 12.0. The minimum absolute atomic E-state index is 0.172. The first-order valence-electron chi connectivity index (χ1n) is 6.94. The average molecular weight is 331 g/mol. The van der Waals surface area contributed by atoms with Crippen LogP contribution in [0.3, 0.4) is 0 Å².